The Bertz CT molecular complexity index is 681. The Morgan fingerprint density at radius 3 is 1.83 bits per heavy atom. The largest absolute Gasteiger partial charge is 0.478 e. The molecule has 2 fully saturated rings. The van der Waals surface area contributed by atoms with Crippen molar-refractivity contribution in [1.29, 1.82) is 0 Å². The highest BCUT2D eigenvalue weighted by atomic mass is 35.5. The number of halogens is 4. The minimum Gasteiger partial charge on any atom is -0.478 e. The Hall–Kier alpha value is -0.500. The van der Waals surface area contributed by atoms with Gasteiger partial charge in [0.2, 0.25) is 0 Å². The summed E-state index contributed by atoms with van der Waals surface area (Å²) in [7, 11) is 0. The monoisotopic (exact) mass is 416 g/mol. The molecule has 3 rings (SSSR count). The van der Waals surface area contributed by atoms with E-state index in [2.05, 4.69) is 0 Å². The lowest BCUT2D eigenvalue weighted by molar-refractivity contribution is -0.136. The molecule has 0 saturated carbocycles. The first-order valence-corrected chi connectivity index (χ1v) is 8.51. The van der Waals surface area contributed by atoms with E-state index in [-0.39, 0.29) is 30.1 Å². The summed E-state index contributed by atoms with van der Waals surface area (Å²) in [4.78, 5) is 20.0. The van der Waals surface area contributed by atoms with Gasteiger partial charge in [0, 0.05) is 12.8 Å². The quantitative estimate of drug-likeness (QED) is 0.509. The topological polar surface area (TPSA) is 99.7 Å². The van der Waals surface area contributed by atoms with Crippen molar-refractivity contribution in [2.45, 2.75) is 34.8 Å². The molecule has 3 aliphatic rings. The molecule has 2 heterocycles. The molecule has 0 amide bonds. The summed E-state index contributed by atoms with van der Waals surface area (Å²) in [6, 6.07) is 0. The summed E-state index contributed by atoms with van der Waals surface area (Å²) in [5, 5.41) is 18.5. The van der Waals surface area contributed by atoms with Crippen molar-refractivity contribution in [2.75, 3.05) is 13.2 Å². The molecule has 0 aromatic rings. The van der Waals surface area contributed by atoms with Crippen molar-refractivity contribution < 1.29 is 29.3 Å². The molecule has 4 atom stereocenters. The second-order valence-corrected chi connectivity index (χ2v) is 7.96. The molecule has 0 spiro atoms. The Balaban J connectivity index is 2.23. The van der Waals surface area contributed by atoms with Gasteiger partial charge in [-0.15, -0.1) is 23.2 Å². The van der Waals surface area contributed by atoms with Gasteiger partial charge in [-0.3, -0.25) is 0 Å². The van der Waals surface area contributed by atoms with Crippen LogP contribution in [-0.4, -0.2) is 57.3 Å². The van der Waals surface area contributed by atoms with E-state index in [9.17, 15) is 19.8 Å². The van der Waals surface area contributed by atoms with Crippen LogP contribution >= 0.6 is 46.4 Å². The van der Waals surface area contributed by atoms with Crippen LogP contribution in [0.1, 0.15) is 12.8 Å². The number of carboxylic acids is 2. The average Bonchev–Trinajstić information content (AvgIpc) is 3.37. The summed E-state index contributed by atoms with van der Waals surface area (Å²) < 4.78 is 10.3. The fourth-order valence-corrected chi connectivity index (χ4v) is 4.68. The van der Waals surface area contributed by atoms with Crippen LogP contribution in [-0.2, 0) is 19.1 Å². The van der Waals surface area contributed by atoms with Crippen LogP contribution in [0.15, 0.2) is 21.2 Å². The molecular weight excluding hydrogens is 406 g/mol. The van der Waals surface area contributed by atoms with Gasteiger partial charge in [0.05, 0.1) is 46.6 Å². The molecule has 1 aliphatic carbocycles. The SMILES string of the molecule is O=C(O)C1=C(C(=O)O)C(Cl)(CC2CO2)C(Cl)(CC2CO2)C(Cl)=C1Cl. The summed E-state index contributed by atoms with van der Waals surface area (Å²) in [5.74, 6) is -3.06. The number of hydrogen-bond donors (Lipinski definition) is 2. The van der Waals surface area contributed by atoms with E-state index >= 15 is 0 Å². The molecular formula is C14H12Cl4O6. The third-order valence-electron chi connectivity index (χ3n) is 4.28. The zero-order chi connectivity index (χ0) is 17.9. The number of alkyl halides is 2. The lowest BCUT2D eigenvalue weighted by Crippen LogP contribution is -2.54. The predicted octanol–water partition coefficient (Wildman–Crippen LogP) is 2.69. The Morgan fingerprint density at radius 2 is 1.46 bits per heavy atom. The van der Waals surface area contributed by atoms with Crippen LogP contribution in [0, 0.1) is 0 Å². The fourth-order valence-electron chi connectivity index (χ4n) is 2.96. The van der Waals surface area contributed by atoms with Crippen LogP contribution in [0.4, 0.5) is 0 Å². The van der Waals surface area contributed by atoms with E-state index in [1.165, 1.54) is 0 Å². The minimum atomic E-state index is -1.81. The number of hydrogen-bond acceptors (Lipinski definition) is 4. The third kappa shape index (κ3) is 2.83. The lowest BCUT2D eigenvalue weighted by atomic mass is 9.72. The van der Waals surface area contributed by atoms with Crippen molar-refractivity contribution in [2.24, 2.45) is 0 Å². The van der Waals surface area contributed by atoms with Crippen molar-refractivity contribution in [3.63, 3.8) is 0 Å². The van der Waals surface area contributed by atoms with Crippen LogP contribution in [0.2, 0.25) is 0 Å². The molecule has 132 valence electrons. The molecule has 10 heteroatoms. The van der Waals surface area contributed by atoms with Gasteiger partial charge in [0.25, 0.3) is 0 Å². The Labute approximate surface area is 156 Å². The van der Waals surface area contributed by atoms with E-state index in [4.69, 9.17) is 55.9 Å². The number of carboxylic acid groups (broad SMARTS) is 2. The third-order valence-corrected chi connectivity index (χ3v) is 6.80. The molecule has 6 nitrogen and oxygen atoms in total. The van der Waals surface area contributed by atoms with E-state index in [0.29, 0.717) is 13.2 Å². The maximum atomic E-state index is 11.9. The normalized spacial score (nSPS) is 38.3. The number of allylic oxidation sites excluding steroid dienone is 1. The molecule has 24 heavy (non-hydrogen) atoms. The van der Waals surface area contributed by atoms with Gasteiger partial charge in [-0.1, -0.05) is 23.2 Å². The zero-order valence-electron chi connectivity index (χ0n) is 12.0. The molecule has 0 aromatic heterocycles. The first-order valence-electron chi connectivity index (χ1n) is 7.00. The van der Waals surface area contributed by atoms with Crippen LogP contribution < -0.4 is 0 Å². The van der Waals surface area contributed by atoms with E-state index in [0.717, 1.165) is 0 Å². The first kappa shape index (κ1) is 18.3. The number of epoxide rings is 2. The van der Waals surface area contributed by atoms with Crippen LogP contribution in [0.5, 0.6) is 0 Å². The van der Waals surface area contributed by atoms with E-state index in [1.54, 1.807) is 0 Å². The van der Waals surface area contributed by atoms with E-state index < -0.39 is 37.9 Å². The van der Waals surface area contributed by atoms with Gasteiger partial charge in [0.15, 0.2) is 0 Å². The Morgan fingerprint density at radius 1 is 1.00 bits per heavy atom. The molecule has 2 aliphatic heterocycles. The van der Waals surface area contributed by atoms with Crippen molar-refractivity contribution in [1.82, 2.24) is 0 Å². The van der Waals surface area contributed by atoms with Gasteiger partial charge in [-0.05, 0) is 0 Å². The molecule has 0 radical (unpaired) electrons. The van der Waals surface area contributed by atoms with Crippen molar-refractivity contribution >= 4 is 58.3 Å². The summed E-state index contributed by atoms with van der Waals surface area (Å²) >= 11 is 25.8. The zero-order valence-corrected chi connectivity index (χ0v) is 15.0. The highest BCUT2D eigenvalue weighted by Crippen LogP contribution is 2.59. The summed E-state index contributed by atoms with van der Waals surface area (Å²) in [5.41, 5.74) is -1.24. The second-order valence-electron chi connectivity index (χ2n) is 5.91. The minimum absolute atomic E-state index is 0.0103. The molecule has 2 saturated heterocycles. The number of carbonyl (C=O) groups is 2. The molecule has 2 N–H and O–H groups in total. The summed E-state index contributed by atoms with van der Waals surface area (Å²) in [6.45, 7) is 0.812. The fraction of sp³-hybridized carbons (Fsp3) is 0.571. The van der Waals surface area contributed by atoms with Crippen molar-refractivity contribution in [3.8, 4) is 0 Å². The van der Waals surface area contributed by atoms with Gasteiger partial charge in [0.1, 0.15) is 9.75 Å². The van der Waals surface area contributed by atoms with Gasteiger partial charge in [-0.2, -0.15) is 0 Å². The van der Waals surface area contributed by atoms with Crippen molar-refractivity contribution in [3.05, 3.63) is 21.2 Å². The Kier molecular flexibility index (Phi) is 4.60. The predicted molar refractivity (Wildman–Crippen MR) is 86.9 cm³/mol. The summed E-state index contributed by atoms with van der Waals surface area (Å²) in [6.07, 6.45) is -0.487. The van der Waals surface area contributed by atoms with Crippen LogP contribution in [0.3, 0.4) is 0 Å². The lowest BCUT2D eigenvalue weighted by Gasteiger charge is -2.46. The van der Waals surface area contributed by atoms with Gasteiger partial charge in [-0.25, -0.2) is 9.59 Å². The van der Waals surface area contributed by atoms with Crippen LogP contribution in [0.25, 0.3) is 0 Å². The molecule has 0 bridgehead atoms. The first-order chi connectivity index (χ1) is 11.1. The number of ether oxygens (including phenoxy) is 2. The maximum Gasteiger partial charge on any atom is 0.337 e. The maximum absolute atomic E-state index is 11.9. The number of aliphatic carboxylic acids is 2. The van der Waals surface area contributed by atoms with E-state index in [1.807, 2.05) is 0 Å². The standard InChI is InChI=1S/C14H12Cl4O6/c15-9-7(11(19)20)8(12(21)22)13(17,1-5-3-23-5)14(18,10(9)16)2-6-4-24-6/h5-6H,1-4H2,(H,19,20)(H,21,22). The molecule has 0 aromatic carbocycles. The average molecular weight is 418 g/mol. The second kappa shape index (κ2) is 6.04. The highest BCUT2D eigenvalue weighted by molar-refractivity contribution is 6.52. The molecule has 4 unspecified atom stereocenters. The number of rotatable bonds is 6. The smallest absolute Gasteiger partial charge is 0.337 e. The highest BCUT2D eigenvalue weighted by Gasteiger charge is 2.63. The van der Waals surface area contributed by atoms with Gasteiger partial charge >= 0.3 is 11.9 Å². The van der Waals surface area contributed by atoms with Gasteiger partial charge < -0.3 is 19.7 Å².